The molecule has 2 atom stereocenters. The molecule has 25 heavy (non-hydrogen) atoms. The Bertz CT molecular complexity index is 783. The fraction of sp³-hybridized carbons (Fsp3) is 0.429. The summed E-state index contributed by atoms with van der Waals surface area (Å²) < 4.78 is 20.6. The van der Waals surface area contributed by atoms with Gasteiger partial charge in [0, 0.05) is 42.2 Å². The zero-order chi connectivity index (χ0) is 18.2. The maximum absolute atomic E-state index is 12.4. The molecule has 2 unspecified atom stereocenters. The topological polar surface area (TPSA) is 113 Å². The van der Waals surface area contributed by atoms with E-state index in [1.54, 1.807) is 29.2 Å². The van der Waals surface area contributed by atoms with Crippen molar-refractivity contribution in [3.05, 3.63) is 24.3 Å². The maximum Gasteiger partial charge on any atom is 0.321 e. The Kier molecular flexibility index (Phi) is 4.93. The zero-order valence-corrected chi connectivity index (χ0v) is 14.8. The number of urea groups is 1. The summed E-state index contributed by atoms with van der Waals surface area (Å²) >= 11 is 4.30. The smallest absolute Gasteiger partial charge is 0.321 e. The van der Waals surface area contributed by atoms with Gasteiger partial charge >= 0.3 is 6.03 Å². The monoisotopic (exact) mass is 386 g/mol. The van der Waals surface area contributed by atoms with E-state index in [0.29, 0.717) is 18.8 Å². The lowest BCUT2D eigenvalue weighted by Crippen LogP contribution is -2.46. The average molecular weight is 386 g/mol. The number of benzene rings is 1. The third-order valence-corrected chi connectivity index (χ3v) is 5.42. The molecule has 0 saturated carbocycles. The minimum atomic E-state index is -4.03. The molecule has 2 saturated heterocycles. The van der Waals surface area contributed by atoms with Crippen LogP contribution < -0.4 is 15.1 Å². The normalized spacial score (nSPS) is 23.7. The lowest BCUT2D eigenvalue weighted by atomic mass is 10.2. The number of nitrogens with zero attached hydrogens (tertiary/aromatic N) is 3. The first-order chi connectivity index (χ1) is 11.8. The lowest BCUT2D eigenvalue weighted by Gasteiger charge is -2.28. The predicted molar refractivity (Wildman–Crippen MR) is 94.3 cm³/mol. The third kappa shape index (κ3) is 3.60. The minimum absolute atomic E-state index is 0.0527. The number of hydrogen-bond acceptors (Lipinski definition) is 5. The molecule has 2 aliphatic rings. The number of anilines is 2. The van der Waals surface area contributed by atoms with Gasteiger partial charge in [0.1, 0.15) is 6.04 Å². The molecule has 0 radical (unpaired) electrons. The molecular formula is C14H18N4O5S2. The van der Waals surface area contributed by atoms with E-state index in [1.165, 1.54) is 4.90 Å². The van der Waals surface area contributed by atoms with E-state index < -0.39 is 20.9 Å². The first-order valence-electron chi connectivity index (χ1n) is 7.71. The van der Waals surface area contributed by atoms with Crippen molar-refractivity contribution in [2.24, 2.45) is 0 Å². The summed E-state index contributed by atoms with van der Waals surface area (Å²) in [6, 6.07) is 5.56. The van der Waals surface area contributed by atoms with Crippen LogP contribution in [0, 0.1) is 0 Å². The van der Waals surface area contributed by atoms with Crippen LogP contribution in [0.25, 0.3) is 0 Å². The fourth-order valence-electron chi connectivity index (χ4n) is 2.98. The van der Waals surface area contributed by atoms with Crippen molar-refractivity contribution in [1.82, 2.24) is 9.79 Å². The van der Waals surface area contributed by atoms with E-state index in [9.17, 15) is 23.6 Å². The second-order valence-electron chi connectivity index (χ2n) is 5.80. The highest BCUT2D eigenvalue weighted by Gasteiger charge is 2.39. The standard InChI is InChI=1S/C14H18N4O5S2/c19-13-12(18(21)25(22,23)24)6-9-16(13)10-2-4-11(5-3-10)17-8-1-7-15-14(17)20/h2-5,12,21H,1,6-9H2,(H,15,20)(H,22,23,24). The van der Waals surface area contributed by atoms with Gasteiger partial charge < -0.3 is 10.2 Å². The van der Waals surface area contributed by atoms with Crippen LogP contribution in [0.3, 0.4) is 0 Å². The summed E-state index contributed by atoms with van der Waals surface area (Å²) in [6.07, 6.45) is 1.04. The van der Waals surface area contributed by atoms with Crippen molar-refractivity contribution in [1.29, 1.82) is 0 Å². The van der Waals surface area contributed by atoms with E-state index in [-0.39, 0.29) is 23.5 Å². The maximum atomic E-state index is 12.4. The molecule has 9 nitrogen and oxygen atoms in total. The summed E-state index contributed by atoms with van der Waals surface area (Å²) in [5.41, 5.74) is 1.30. The zero-order valence-electron chi connectivity index (χ0n) is 13.2. The molecule has 0 spiro atoms. The molecule has 3 N–H and O–H groups in total. The Labute approximate surface area is 149 Å². The highest BCUT2D eigenvalue weighted by molar-refractivity contribution is 8.28. The van der Waals surface area contributed by atoms with E-state index in [1.807, 2.05) is 0 Å². The first-order valence-corrected chi connectivity index (χ1v) is 10.1. The molecular weight excluding hydrogens is 368 g/mol. The predicted octanol–water partition coefficient (Wildman–Crippen LogP) is 0.537. The number of hydrogen-bond donors (Lipinski definition) is 3. The summed E-state index contributed by atoms with van der Waals surface area (Å²) in [5, 5.41) is 12.4. The molecule has 1 aromatic rings. The molecule has 0 aromatic heterocycles. The van der Waals surface area contributed by atoms with E-state index in [2.05, 4.69) is 16.5 Å². The van der Waals surface area contributed by atoms with Gasteiger partial charge in [-0.2, -0.15) is 0 Å². The van der Waals surface area contributed by atoms with E-state index in [4.69, 9.17) is 0 Å². The number of nitrogens with one attached hydrogen (secondary N) is 1. The summed E-state index contributed by atoms with van der Waals surface area (Å²) in [5.74, 6) is -0.502. The number of amides is 3. The molecule has 2 heterocycles. The van der Waals surface area contributed by atoms with Crippen molar-refractivity contribution < 1.29 is 23.6 Å². The highest BCUT2D eigenvalue weighted by Crippen LogP contribution is 2.27. The van der Waals surface area contributed by atoms with Gasteiger partial charge in [0.2, 0.25) is 14.9 Å². The molecule has 2 fully saturated rings. The third-order valence-electron chi connectivity index (χ3n) is 4.23. The summed E-state index contributed by atoms with van der Waals surface area (Å²) in [7, 11) is -4.03. The SMILES string of the molecule is O=C1NCCCN1c1ccc(N2CCC(N(O)S(=O)(O)=S)C2=O)cc1. The minimum Gasteiger partial charge on any atom is -0.338 e. The van der Waals surface area contributed by atoms with Crippen molar-refractivity contribution in [2.75, 3.05) is 29.4 Å². The Morgan fingerprint density at radius 2 is 1.76 bits per heavy atom. The lowest BCUT2D eigenvalue weighted by molar-refractivity contribution is -0.128. The van der Waals surface area contributed by atoms with E-state index >= 15 is 0 Å². The van der Waals surface area contributed by atoms with Crippen LogP contribution in [0.4, 0.5) is 16.2 Å². The molecule has 2 aliphatic heterocycles. The van der Waals surface area contributed by atoms with Crippen LogP contribution in [0.15, 0.2) is 24.3 Å². The largest absolute Gasteiger partial charge is 0.338 e. The van der Waals surface area contributed by atoms with Crippen molar-refractivity contribution in [3.63, 3.8) is 0 Å². The summed E-state index contributed by atoms with van der Waals surface area (Å²) in [4.78, 5) is 27.3. The van der Waals surface area contributed by atoms with Gasteiger partial charge in [-0.1, -0.05) is 4.47 Å². The molecule has 0 bridgehead atoms. The Morgan fingerprint density at radius 1 is 1.16 bits per heavy atom. The number of rotatable bonds is 4. The molecule has 1 aromatic carbocycles. The van der Waals surface area contributed by atoms with Gasteiger partial charge in [-0.25, -0.2) is 9.00 Å². The van der Waals surface area contributed by atoms with Crippen LogP contribution in [0.2, 0.25) is 0 Å². The van der Waals surface area contributed by atoms with Crippen LogP contribution >= 0.6 is 0 Å². The number of carbonyl (C=O) groups is 2. The van der Waals surface area contributed by atoms with Gasteiger partial charge in [-0.3, -0.25) is 19.5 Å². The molecule has 0 aliphatic carbocycles. The Balaban J connectivity index is 1.75. The van der Waals surface area contributed by atoms with Crippen LogP contribution in [0.5, 0.6) is 0 Å². The average Bonchev–Trinajstić information content (AvgIpc) is 2.95. The van der Waals surface area contributed by atoms with Gasteiger partial charge in [0.05, 0.1) is 0 Å². The van der Waals surface area contributed by atoms with Crippen LogP contribution in [-0.2, 0) is 24.9 Å². The Morgan fingerprint density at radius 3 is 2.32 bits per heavy atom. The Hall–Kier alpha value is -1.79. The number of carbonyl (C=O) groups excluding carboxylic acids is 2. The van der Waals surface area contributed by atoms with Crippen molar-refractivity contribution in [3.8, 4) is 0 Å². The second-order valence-corrected chi connectivity index (χ2v) is 8.37. The fourth-order valence-corrected chi connectivity index (χ4v) is 3.80. The second kappa shape index (κ2) is 6.84. The van der Waals surface area contributed by atoms with Gasteiger partial charge in [0.15, 0.2) is 0 Å². The van der Waals surface area contributed by atoms with E-state index in [0.717, 1.165) is 12.1 Å². The van der Waals surface area contributed by atoms with Gasteiger partial charge in [-0.05, 0) is 37.1 Å². The summed E-state index contributed by atoms with van der Waals surface area (Å²) in [6.45, 7) is 1.57. The van der Waals surface area contributed by atoms with Crippen molar-refractivity contribution in [2.45, 2.75) is 18.9 Å². The first kappa shape index (κ1) is 18.0. The van der Waals surface area contributed by atoms with Crippen LogP contribution in [-0.4, -0.2) is 56.1 Å². The highest BCUT2D eigenvalue weighted by atomic mass is 32.8. The van der Waals surface area contributed by atoms with Gasteiger partial charge in [-0.15, -0.1) is 0 Å². The molecule has 11 heteroatoms. The van der Waals surface area contributed by atoms with Crippen molar-refractivity contribution >= 4 is 43.5 Å². The molecule has 3 rings (SSSR count). The van der Waals surface area contributed by atoms with Crippen LogP contribution in [0.1, 0.15) is 12.8 Å². The number of hydroxylamine groups is 1. The molecule has 3 amide bonds. The van der Waals surface area contributed by atoms with Gasteiger partial charge in [0.25, 0.3) is 0 Å². The quantitative estimate of drug-likeness (QED) is 0.651. The molecule has 136 valence electrons.